The van der Waals surface area contributed by atoms with Gasteiger partial charge in [0.25, 0.3) is 0 Å². The normalized spacial score (nSPS) is 12.9. The van der Waals surface area contributed by atoms with Crippen molar-refractivity contribution in [1.29, 1.82) is 0 Å². The summed E-state index contributed by atoms with van der Waals surface area (Å²) in [5.41, 5.74) is -0.619. The predicted octanol–water partition coefficient (Wildman–Crippen LogP) is 0.288. The Morgan fingerprint density at radius 2 is 1.90 bits per heavy atom. The van der Waals surface area contributed by atoms with Crippen LogP contribution in [0, 0.1) is 0 Å². The second-order valence-corrected chi connectivity index (χ2v) is 5.84. The maximum atomic E-state index is 11.8. The minimum Gasteiger partial charge on any atom is -0.444 e. The summed E-state index contributed by atoms with van der Waals surface area (Å²) in [7, 11) is 3.87. The number of carbonyl (C=O) groups is 2. The Morgan fingerprint density at radius 3 is 2.35 bits per heavy atom. The molecule has 0 radical (unpaired) electrons. The molecule has 3 N–H and O–H groups in total. The van der Waals surface area contributed by atoms with Crippen LogP contribution in [0.3, 0.4) is 0 Å². The van der Waals surface area contributed by atoms with Gasteiger partial charge in [-0.2, -0.15) is 0 Å². The van der Waals surface area contributed by atoms with E-state index >= 15 is 0 Å². The van der Waals surface area contributed by atoms with Crippen LogP contribution in [0.25, 0.3) is 0 Å². The molecule has 0 fully saturated rings. The molecule has 7 heteroatoms. The molecule has 1 atom stereocenters. The van der Waals surface area contributed by atoms with E-state index in [-0.39, 0.29) is 0 Å². The third-order valence-electron chi connectivity index (χ3n) is 2.36. The number of carbonyl (C=O) groups excluding carboxylic acids is 2. The highest BCUT2D eigenvalue weighted by molar-refractivity contribution is 5.85. The molecule has 0 aliphatic heterocycles. The van der Waals surface area contributed by atoms with Crippen molar-refractivity contribution in [2.45, 2.75) is 45.3 Å². The molecule has 118 valence electrons. The van der Waals surface area contributed by atoms with Crippen molar-refractivity contribution in [2.24, 2.45) is 0 Å². The summed E-state index contributed by atoms with van der Waals surface area (Å²) in [6.07, 6.45) is 0.579. The molecule has 0 bridgehead atoms. The summed E-state index contributed by atoms with van der Waals surface area (Å²) in [6.45, 7) is 5.60. The summed E-state index contributed by atoms with van der Waals surface area (Å²) in [4.78, 5) is 25.4. The first kappa shape index (κ1) is 18.7. The Kier molecular flexibility index (Phi) is 8.17. The number of alkyl carbamates (subject to hydrolysis) is 1. The monoisotopic (exact) mass is 289 g/mol. The van der Waals surface area contributed by atoms with Crippen LogP contribution >= 0.6 is 0 Å². The molecule has 0 aromatic rings. The minimum atomic E-state index is -0.711. The third kappa shape index (κ3) is 9.57. The highest BCUT2D eigenvalue weighted by Crippen LogP contribution is 2.08. The summed E-state index contributed by atoms with van der Waals surface area (Å²) in [6, 6.07) is -0.711. The van der Waals surface area contributed by atoms with E-state index < -0.39 is 30.4 Å². The van der Waals surface area contributed by atoms with Gasteiger partial charge >= 0.3 is 6.09 Å². The molecule has 0 aliphatic carbocycles. The van der Waals surface area contributed by atoms with E-state index in [1.807, 2.05) is 19.0 Å². The fourth-order valence-corrected chi connectivity index (χ4v) is 1.53. The molecule has 0 heterocycles. The number of nitrogens with zero attached hydrogens (tertiary/aromatic N) is 1. The molecule has 0 aromatic heterocycles. The first-order valence-electron chi connectivity index (χ1n) is 6.68. The number of nitrogens with one attached hydrogen (secondary N) is 2. The van der Waals surface area contributed by atoms with Gasteiger partial charge in [0.05, 0.1) is 0 Å². The van der Waals surface area contributed by atoms with E-state index in [9.17, 15) is 9.59 Å². The Bertz CT molecular complexity index is 313. The van der Waals surface area contributed by atoms with Crippen molar-refractivity contribution >= 4 is 12.0 Å². The molecule has 0 aliphatic rings. The molecule has 0 aromatic carbocycles. The van der Waals surface area contributed by atoms with Crippen LogP contribution in [-0.4, -0.2) is 61.0 Å². The van der Waals surface area contributed by atoms with Crippen LogP contribution in [0.5, 0.6) is 0 Å². The predicted molar refractivity (Wildman–Crippen MR) is 76.2 cm³/mol. The van der Waals surface area contributed by atoms with Gasteiger partial charge in [0.1, 0.15) is 18.4 Å². The lowest BCUT2D eigenvalue weighted by Gasteiger charge is -2.23. The zero-order valence-corrected chi connectivity index (χ0v) is 13.0. The summed E-state index contributed by atoms with van der Waals surface area (Å²) in [5, 5.41) is 13.5. The van der Waals surface area contributed by atoms with Gasteiger partial charge < -0.3 is 25.4 Å². The van der Waals surface area contributed by atoms with Gasteiger partial charge in [0.15, 0.2) is 0 Å². The number of aliphatic hydroxyl groups is 1. The fraction of sp³-hybridized carbons (Fsp3) is 0.846. The Morgan fingerprint density at radius 1 is 1.30 bits per heavy atom. The summed E-state index contributed by atoms with van der Waals surface area (Å²) < 4.78 is 5.12. The molecule has 0 saturated heterocycles. The molecule has 0 rings (SSSR count). The van der Waals surface area contributed by atoms with E-state index in [0.29, 0.717) is 6.42 Å². The van der Waals surface area contributed by atoms with Crippen molar-refractivity contribution < 1.29 is 19.4 Å². The Balaban J connectivity index is 4.44. The van der Waals surface area contributed by atoms with Gasteiger partial charge in [-0.1, -0.05) is 0 Å². The topological polar surface area (TPSA) is 90.9 Å². The second-order valence-electron chi connectivity index (χ2n) is 5.84. The van der Waals surface area contributed by atoms with Crippen molar-refractivity contribution in [3.63, 3.8) is 0 Å². The van der Waals surface area contributed by atoms with Crippen LogP contribution in [0.2, 0.25) is 0 Å². The maximum Gasteiger partial charge on any atom is 0.408 e. The lowest BCUT2D eigenvalue weighted by Crippen LogP contribution is -2.48. The summed E-state index contributed by atoms with van der Waals surface area (Å²) >= 11 is 0. The fourth-order valence-electron chi connectivity index (χ4n) is 1.53. The molecule has 7 nitrogen and oxygen atoms in total. The van der Waals surface area contributed by atoms with Gasteiger partial charge in [-0.25, -0.2) is 4.79 Å². The number of hydrogen-bond donors (Lipinski definition) is 3. The van der Waals surface area contributed by atoms with Crippen molar-refractivity contribution in [3.8, 4) is 0 Å². The number of hydrogen-bond acceptors (Lipinski definition) is 5. The molecule has 20 heavy (non-hydrogen) atoms. The summed E-state index contributed by atoms with van der Waals surface area (Å²) in [5.74, 6) is -0.419. The third-order valence-corrected chi connectivity index (χ3v) is 2.36. The van der Waals surface area contributed by atoms with Gasteiger partial charge in [-0.05, 0) is 54.3 Å². The number of ether oxygens (including phenoxy) is 1. The molecule has 0 unspecified atom stereocenters. The molecule has 0 saturated carbocycles. The van der Waals surface area contributed by atoms with Crippen molar-refractivity contribution in [2.75, 3.05) is 27.4 Å². The lowest BCUT2D eigenvalue weighted by molar-refractivity contribution is -0.124. The molecule has 2 amide bonds. The first-order chi connectivity index (χ1) is 9.15. The van der Waals surface area contributed by atoms with Crippen LogP contribution in [0.15, 0.2) is 0 Å². The standard InChI is InChI=1S/C13H27N3O4/c1-13(2,3)20-12(19)15-10(11(18)14-9-17)7-6-8-16(4)5/h10,17H,6-9H2,1-5H3,(H,14,18)(H,15,19)/t10-/m0/s1. The van der Waals surface area contributed by atoms with Crippen molar-refractivity contribution in [1.82, 2.24) is 15.5 Å². The SMILES string of the molecule is CN(C)CCC[C@H](NC(=O)OC(C)(C)C)C(=O)NCO. The molecular weight excluding hydrogens is 262 g/mol. The Labute approximate surface area is 120 Å². The lowest BCUT2D eigenvalue weighted by atomic mass is 10.1. The number of rotatable bonds is 7. The molecule has 0 spiro atoms. The van der Waals surface area contributed by atoms with E-state index in [1.54, 1.807) is 20.8 Å². The number of amides is 2. The van der Waals surface area contributed by atoms with Gasteiger partial charge in [0.2, 0.25) is 5.91 Å². The van der Waals surface area contributed by atoms with Crippen molar-refractivity contribution in [3.05, 3.63) is 0 Å². The Hall–Kier alpha value is -1.34. The highest BCUT2D eigenvalue weighted by atomic mass is 16.6. The van der Waals surface area contributed by atoms with Gasteiger partial charge in [-0.3, -0.25) is 4.79 Å². The van der Waals surface area contributed by atoms with Crippen LogP contribution in [0.4, 0.5) is 4.79 Å². The first-order valence-corrected chi connectivity index (χ1v) is 6.68. The average Bonchev–Trinajstić information content (AvgIpc) is 2.24. The van der Waals surface area contributed by atoms with Crippen LogP contribution in [-0.2, 0) is 9.53 Å². The minimum absolute atomic E-state index is 0.419. The zero-order chi connectivity index (χ0) is 15.8. The van der Waals surface area contributed by atoms with Gasteiger partial charge in [0, 0.05) is 0 Å². The van der Waals surface area contributed by atoms with Gasteiger partial charge in [-0.15, -0.1) is 0 Å². The maximum absolute atomic E-state index is 11.8. The molecular formula is C13H27N3O4. The van der Waals surface area contributed by atoms with E-state index in [4.69, 9.17) is 9.84 Å². The highest BCUT2D eigenvalue weighted by Gasteiger charge is 2.23. The number of aliphatic hydroxyl groups excluding tert-OH is 1. The zero-order valence-electron chi connectivity index (χ0n) is 13.0. The quantitative estimate of drug-likeness (QED) is 0.586. The second kappa shape index (κ2) is 8.76. The smallest absolute Gasteiger partial charge is 0.408 e. The van der Waals surface area contributed by atoms with E-state index in [0.717, 1.165) is 13.0 Å². The largest absolute Gasteiger partial charge is 0.444 e. The van der Waals surface area contributed by atoms with Crippen LogP contribution in [0.1, 0.15) is 33.6 Å². The average molecular weight is 289 g/mol. The van der Waals surface area contributed by atoms with E-state index in [1.165, 1.54) is 0 Å². The van der Waals surface area contributed by atoms with Crippen LogP contribution < -0.4 is 10.6 Å². The van der Waals surface area contributed by atoms with E-state index in [2.05, 4.69) is 10.6 Å².